The van der Waals surface area contributed by atoms with Gasteiger partial charge in [0.15, 0.2) is 5.17 Å². The second-order valence-corrected chi connectivity index (χ2v) is 14.2. The fourth-order valence-electron chi connectivity index (χ4n) is 4.64. The molecule has 1 atom stereocenters. The number of ether oxygens (including phenoxy) is 2. The van der Waals surface area contributed by atoms with E-state index in [0.29, 0.717) is 18.8 Å². The molecular formula is C38H48N4O5S2. The van der Waals surface area contributed by atoms with Crippen LogP contribution in [-0.2, 0) is 16.5 Å². The SMILES string of the molecule is COc1cccc(OC(C)CN=C(N)Cc2cccc(C)c2)c1.Cc1ccc(S(=O)(=O)O)cc1.Cc1cccc(C)c1NC1=NCCCS1. The van der Waals surface area contributed by atoms with Gasteiger partial charge in [-0.2, -0.15) is 8.42 Å². The average Bonchev–Trinajstić information content (AvgIpc) is 3.06. The van der Waals surface area contributed by atoms with Gasteiger partial charge in [0.1, 0.15) is 17.6 Å². The zero-order valence-corrected chi connectivity index (χ0v) is 30.8. The van der Waals surface area contributed by atoms with E-state index in [1.54, 1.807) is 19.2 Å². The maximum Gasteiger partial charge on any atom is 0.294 e. The summed E-state index contributed by atoms with van der Waals surface area (Å²) in [5, 5.41) is 4.50. The van der Waals surface area contributed by atoms with Gasteiger partial charge in [0.25, 0.3) is 10.1 Å². The van der Waals surface area contributed by atoms with Crippen LogP contribution in [0.4, 0.5) is 5.69 Å². The van der Waals surface area contributed by atoms with Crippen LogP contribution < -0.4 is 20.5 Å². The molecule has 0 saturated heterocycles. The Morgan fingerprint density at radius 3 is 2.20 bits per heavy atom. The first-order chi connectivity index (χ1) is 23.3. The first-order valence-corrected chi connectivity index (χ1v) is 18.5. The van der Waals surface area contributed by atoms with Gasteiger partial charge in [-0.3, -0.25) is 14.5 Å². The minimum absolute atomic E-state index is 0.0573. The number of hydrogen-bond donors (Lipinski definition) is 3. The molecule has 11 heteroatoms. The van der Waals surface area contributed by atoms with Gasteiger partial charge < -0.3 is 20.5 Å². The van der Waals surface area contributed by atoms with Crippen molar-refractivity contribution in [2.45, 2.75) is 58.5 Å². The normalized spacial score (nSPS) is 13.4. The minimum atomic E-state index is -4.02. The van der Waals surface area contributed by atoms with E-state index < -0.39 is 10.1 Å². The van der Waals surface area contributed by atoms with Crippen molar-refractivity contribution in [2.75, 3.05) is 31.3 Å². The molecule has 0 amide bonds. The first-order valence-electron chi connectivity index (χ1n) is 16.0. The highest BCUT2D eigenvalue weighted by Crippen LogP contribution is 2.23. The molecule has 1 aliphatic heterocycles. The Bertz CT molecular complexity index is 1790. The number of thioether (sulfide) groups is 1. The molecule has 4 N–H and O–H groups in total. The molecule has 262 valence electrons. The lowest BCUT2D eigenvalue weighted by atomic mass is 10.1. The predicted molar refractivity (Wildman–Crippen MR) is 204 cm³/mol. The van der Waals surface area contributed by atoms with Crippen LogP contribution in [0.3, 0.4) is 0 Å². The van der Waals surface area contributed by atoms with E-state index in [0.717, 1.165) is 28.8 Å². The quantitative estimate of drug-likeness (QED) is 0.0912. The molecule has 0 bridgehead atoms. The summed E-state index contributed by atoms with van der Waals surface area (Å²) in [6, 6.07) is 28.2. The Labute approximate surface area is 295 Å². The van der Waals surface area contributed by atoms with Gasteiger partial charge in [-0.1, -0.05) is 83.6 Å². The van der Waals surface area contributed by atoms with Crippen molar-refractivity contribution in [3.05, 3.63) is 119 Å². The Morgan fingerprint density at radius 2 is 1.59 bits per heavy atom. The van der Waals surface area contributed by atoms with Crippen molar-refractivity contribution in [3.63, 3.8) is 0 Å². The third kappa shape index (κ3) is 14.4. The van der Waals surface area contributed by atoms with Crippen LogP contribution in [0.5, 0.6) is 11.5 Å². The number of rotatable bonds is 9. The van der Waals surface area contributed by atoms with Gasteiger partial charge in [-0.15, -0.1) is 0 Å². The summed E-state index contributed by atoms with van der Waals surface area (Å²) in [7, 11) is -2.38. The smallest absolute Gasteiger partial charge is 0.294 e. The minimum Gasteiger partial charge on any atom is -0.497 e. The number of hydrogen-bond acceptors (Lipinski definition) is 8. The number of para-hydroxylation sites is 1. The Kier molecular flexibility index (Phi) is 15.7. The van der Waals surface area contributed by atoms with Crippen LogP contribution in [0.15, 0.2) is 106 Å². The second kappa shape index (κ2) is 19.6. The third-order valence-corrected chi connectivity index (χ3v) is 9.09. The molecule has 0 aromatic heterocycles. The highest BCUT2D eigenvalue weighted by molar-refractivity contribution is 8.14. The molecule has 5 rings (SSSR count). The first kappa shape index (κ1) is 39.1. The lowest BCUT2D eigenvalue weighted by Crippen LogP contribution is -2.21. The standard InChI is InChI=1S/C19H24N2O2.C12H16N2S.C7H8O3S/c1-14-6-4-7-16(10-14)11-19(20)21-13-15(2)23-18-9-5-8-17(12-18)22-3;1-9-5-3-6-10(2)11(9)14-12-13-7-4-8-15-12;1-6-2-4-7(5-3-6)11(8,9)10/h4-10,12,15H,11,13H2,1-3H3,(H2,20,21);3,5-6H,4,7-8H2,1-2H3,(H,13,14);2-5H,1H3,(H,8,9,10). The summed E-state index contributed by atoms with van der Waals surface area (Å²) in [5.41, 5.74) is 13.2. The van der Waals surface area contributed by atoms with Gasteiger partial charge >= 0.3 is 0 Å². The number of anilines is 1. The number of methoxy groups -OCH3 is 1. The van der Waals surface area contributed by atoms with Crippen LogP contribution >= 0.6 is 11.8 Å². The van der Waals surface area contributed by atoms with Crippen molar-refractivity contribution < 1.29 is 22.4 Å². The van der Waals surface area contributed by atoms with Crippen molar-refractivity contribution in [1.29, 1.82) is 0 Å². The molecule has 0 aliphatic carbocycles. The molecule has 0 fully saturated rings. The van der Waals surface area contributed by atoms with Gasteiger partial charge in [-0.05, 0) is 82.0 Å². The molecule has 4 aromatic carbocycles. The molecule has 1 heterocycles. The zero-order chi connectivity index (χ0) is 35.8. The molecule has 1 unspecified atom stereocenters. The van der Waals surface area contributed by atoms with Gasteiger partial charge in [0.05, 0.1) is 24.4 Å². The van der Waals surface area contributed by atoms with E-state index in [9.17, 15) is 8.42 Å². The highest BCUT2D eigenvalue weighted by Gasteiger charge is 2.09. The average molecular weight is 705 g/mol. The number of amidine groups is 2. The summed E-state index contributed by atoms with van der Waals surface area (Å²) < 4.78 is 40.6. The maximum atomic E-state index is 10.5. The van der Waals surface area contributed by atoms with Crippen molar-refractivity contribution in [3.8, 4) is 11.5 Å². The molecule has 4 aromatic rings. The van der Waals surface area contributed by atoms with Crippen molar-refractivity contribution in [2.24, 2.45) is 15.7 Å². The third-order valence-electron chi connectivity index (χ3n) is 7.23. The predicted octanol–water partition coefficient (Wildman–Crippen LogP) is 7.82. The maximum absolute atomic E-state index is 10.5. The topological polar surface area (TPSA) is 136 Å². The number of benzene rings is 4. The van der Waals surface area contributed by atoms with E-state index in [1.807, 2.05) is 55.9 Å². The molecule has 49 heavy (non-hydrogen) atoms. The number of aliphatic imine (C=N–C) groups is 2. The lowest BCUT2D eigenvalue weighted by molar-refractivity contribution is 0.229. The van der Waals surface area contributed by atoms with Crippen LogP contribution in [0.25, 0.3) is 0 Å². The van der Waals surface area contributed by atoms with Gasteiger partial charge in [-0.25, -0.2) is 0 Å². The van der Waals surface area contributed by atoms with Crippen LogP contribution in [-0.4, -0.2) is 56.0 Å². The molecule has 0 radical (unpaired) electrons. The molecular weight excluding hydrogens is 657 g/mol. The second-order valence-electron chi connectivity index (χ2n) is 11.7. The number of aryl methyl sites for hydroxylation is 4. The lowest BCUT2D eigenvalue weighted by Gasteiger charge is -2.16. The zero-order valence-electron chi connectivity index (χ0n) is 29.1. The fourth-order valence-corrected chi connectivity index (χ4v) is 5.94. The Balaban J connectivity index is 0.000000215. The summed E-state index contributed by atoms with van der Waals surface area (Å²) in [5.74, 6) is 3.34. The van der Waals surface area contributed by atoms with Crippen molar-refractivity contribution >= 4 is 38.6 Å². The van der Waals surface area contributed by atoms with E-state index in [-0.39, 0.29) is 11.0 Å². The summed E-state index contributed by atoms with van der Waals surface area (Å²) >= 11 is 1.81. The summed E-state index contributed by atoms with van der Waals surface area (Å²) in [6.07, 6.45) is 1.80. The number of nitrogens with two attached hydrogens (primary N) is 1. The van der Waals surface area contributed by atoms with Crippen LogP contribution in [0.1, 0.15) is 41.2 Å². The number of nitrogens with zero attached hydrogens (tertiary/aromatic N) is 2. The van der Waals surface area contributed by atoms with E-state index in [1.165, 1.54) is 52.2 Å². The van der Waals surface area contributed by atoms with Gasteiger partial charge in [0, 0.05) is 30.5 Å². The summed E-state index contributed by atoms with van der Waals surface area (Å²) in [4.78, 5) is 8.83. The summed E-state index contributed by atoms with van der Waals surface area (Å²) in [6.45, 7) is 11.6. The Morgan fingerprint density at radius 1 is 0.939 bits per heavy atom. The number of nitrogens with one attached hydrogen (secondary N) is 1. The molecule has 1 aliphatic rings. The van der Waals surface area contributed by atoms with Crippen molar-refractivity contribution in [1.82, 2.24) is 0 Å². The molecule has 0 saturated carbocycles. The van der Waals surface area contributed by atoms with E-state index in [2.05, 4.69) is 72.5 Å². The fraction of sp³-hybridized carbons (Fsp3) is 0.316. The molecule has 9 nitrogen and oxygen atoms in total. The largest absolute Gasteiger partial charge is 0.497 e. The Hall–Kier alpha value is -4.32. The van der Waals surface area contributed by atoms with E-state index >= 15 is 0 Å². The van der Waals surface area contributed by atoms with Gasteiger partial charge in [0.2, 0.25) is 0 Å². The monoisotopic (exact) mass is 704 g/mol. The van der Waals surface area contributed by atoms with Crippen LogP contribution in [0, 0.1) is 27.7 Å². The molecule has 0 spiro atoms. The highest BCUT2D eigenvalue weighted by atomic mass is 32.2. The van der Waals surface area contributed by atoms with E-state index in [4.69, 9.17) is 19.8 Å². The van der Waals surface area contributed by atoms with Crippen LogP contribution in [0.2, 0.25) is 0 Å².